The Morgan fingerprint density at radius 2 is 2.21 bits per heavy atom. The molecule has 0 aliphatic rings. The lowest BCUT2D eigenvalue weighted by molar-refractivity contribution is 1.06. The largest absolute Gasteiger partial charge is 0.305 e. The molecular formula is C10H8BrClN2. The molecule has 0 aliphatic carbocycles. The van der Waals surface area contributed by atoms with Gasteiger partial charge in [0.15, 0.2) is 0 Å². The molecule has 4 heteroatoms. The highest BCUT2D eigenvalue weighted by molar-refractivity contribution is 9.10. The van der Waals surface area contributed by atoms with E-state index in [4.69, 9.17) is 11.6 Å². The van der Waals surface area contributed by atoms with Crippen molar-refractivity contribution in [2.24, 2.45) is 0 Å². The third-order valence-corrected chi connectivity index (χ3v) is 2.70. The summed E-state index contributed by atoms with van der Waals surface area (Å²) < 4.78 is 2.88. The highest BCUT2D eigenvalue weighted by Crippen LogP contribution is 2.24. The molecule has 1 heterocycles. The molecule has 0 saturated heterocycles. The van der Waals surface area contributed by atoms with Crippen LogP contribution >= 0.6 is 27.5 Å². The molecule has 0 bridgehead atoms. The summed E-state index contributed by atoms with van der Waals surface area (Å²) in [5.41, 5.74) is 1.92. The number of nitrogens with zero attached hydrogens (tertiary/aromatic N) is 2. The summed E-state index contributed by atoms with van der Waals surface area (Å²) in [5.74, 6) is 0. The van der Waals surface area contributed by atoms with E-state index in [9.17, 15) is 0 Å². The van der Waals surface area contributed by atoms with Gasteiger partial charge < -0.3 is 4.57 Å². The van der Waals surface area contributed by atoms with E-state index in [2.05, 4.69) is 20.9 Å². The van der Waals surface area contributed by atoms with Crippen molar-refractivity contribution in [3.8, 4) is 5.69 Å². The van der Waals surface area contributed by atoms with E-state index in [1.807, 2.05) is 35.9 Å². The first-order chi connectivity index (χ1) is 6.66. The molecule has 72 valence electrons. The van der Waals surface area contributed by atoms with Crippen molar-refractivity contribution in [2.75, 3.05) is 0 Å². The lowest BCUT2D eigenvalue weighted by Gasteiger charge is -2.04. The molecule has 1 aromatic heterocycles. The molecule has 0 aliphatic heterocycles. The number of benzene rings is 1. The van der Waals surface area contributed by atoms with Gasteiger partial charge in [0.25, 0.3) is 0 Å². The summed E-state index contributed by atoms with van der Waals surface area (Å²) in [7, 11) is 0. The van der Waals surface area contributed by atoms with Gasteiger partial charge in [0.1, 0.15) is 0 Å². The summed E-state index contributed by atoms with van der Waals surface area (Å²) >= 11 is 9.46. The standard InChI is InChI=1S/C10H8BrClN2/c1-7-5-14(6-13-7)10-3-2-8(11)4-9(10)12/h2-6H,1H3. The zero-order valence-electron chi connectivity index (χ0n) is 7.54. The van der Waals surface area contributed by atoms with Gasteiger partial charge in [-0.05, 0) is 25.1 Å². The molecule has 14 heavy (non-hydrogen) atoms. The quantitative estimate of drug-likeness (QED) is 0.775. The minimum Gasteiger partial charge on any atom is -0.305 e. The van der Waals surface area contributed by atoms with Crippen molar-refractivity contribution in [2.45, 2.75) is 6.92 Å². The Kier molecular flexibility index (Phi) is 2.61. The van der Waals surface area contributed by atoms with Gasteiger partial charge in [0, 0.05) is 10.7 Å². The van der Waals surface area contributed by atoms with Crippen LogP contribution in [0.4, 0.5) is 0 Å². The molecule has 0 atom stereocenters. The molecule has 0 unspecified atom stereocenters. The Bertz CT molecular complexity index is 465. The lowest BCUT2D eigenvalue weighted by Crippen LogP contribution is -1.90. The van der Waals surface area contributed by atoms with Gasteiger partial charge in [-0.3, -0.25) is 0 Å². The Hall–Kier alpha value is -0.800. The zero-order chi connectivity index (χ0) is 10.1. The number of aromatic nitrogens is 2. The predicted molar refractivity (Wildman–Crippen MR) is 61.0 cm³/mol. The maximum Gasteiger partial charge on any atom is 0.0995 e. The number of aryl methyl sites for hydroxylation is 1. The van der Waals surface area contributed by atoms with E-state index in [-0.39, 0.29) is 0 Å². The van der Waals surface area contributed by atoms with Crippen molar-refractivity contribution in [3.63, 3.8) is 0 Å². The predicted octanol–water partition coefficient (Wildman–Crippen LogP) is 3.60. The van der Waals surface area contributed by atoms with Gasteiger partial charge in [-0.2, -0.15) is 0 Å². The van der Waals surface area contributed by atoms with Gasteiger partial charge in [-0.15, -0.1) is 0 Å². The van der Waals surface area contributed by atoms with Gasteiger partial charge >= 0.3 is 0 Å². The van der Waals surface area contributed by atoms with Crippen molar-refractivity contribution in [1.29, 1.82) is 0 Å². The Balaban J connectivity index is 2.52. The number of imidazole rings is 1. The number of hydrogen-bond acceptors (Lipinski definition) is 1. The van der Waals surface area contributed by atoms with E-state index >= 15 is 0 Å². The number of halogens is 2. The van der Waals surface area contributed by atoms with Crippen molar-refractivity contribution < 1.29 is 0 Å². The number of rotatable bonds is 1. The van der Waals surface area contributed by atoms with Crippen LogP contribution in [0.2, 0.25) is 5.02 Å². The topological polar surface area (TPSA) is 17.8 Å². The Labute approximate surface area is 95.7 Å². The van der Waals surface area contributed by atoms with E-state index in [1.165, 1.54) is 0 Å². The molecule has 2 rings (SSSR count). The minimum atomic E-state index is 0.705. The SMILES string of the molecule is Cc1cn(-c2ccc(Br)cc2Cl)cn1. The summed E-state index contributed by atoms with van der Waals surface area (Å²) in [4.78, 5) is 4.15. The lowest BCUT2D eigenvalue weighted by atomic mass is 10.3. The Morgan fingerprint density at radius 3 is 2.79 bits per heavy atom. The van der Waals surface area contributed by atoms with Crippen LogP contribution in [0.1, 0.15) is 5.69 Å². The maximum absolute atomic E-state index is 6.09. The van der Waals surface area contributed by atoms with Crippen LogP contribution in [0.15, 0.2) is 35.2 Å². The highest BCUT2D eigenvalue weighted by Gasteiger charge is 2.03. The van der Waals surface area contributed by atoms with Crippen molar-refractivity contribution in [3.05, 3.63) is 45.9 Å². The average Bonchev–Trinajstić information content (AvgIpc) is 2.51. The second kappa shape index (κ2) is 3.75. The van der Waals surface area contributed by atoms with Crippen LogP contribution in [-0.2, 0) is 0 Å². The first kappa shape index (κ1) is 9.74. The van der Waals surface area contributed by atoms with Crippen LogP contribution in [0.3, 0.4) is 0 Å². The second-order valence-corrected chi connectivity index (χ2v) is 4.34. The normalized spacial score (nSPS) is 10.5. The van der Waals surface area contributed by atoms with Gasteiger partial charge in [-0.1, -0.05) is 27.5 Å². The van der Waals surface area contributed by atoms with Gasteiger partial charge in [-0.25, -0.2) is 4.98 Å². The average molecular weight is 272 g/mol. The van der Waals surface area contributed by atoms with Crippen molar-refractivity contribution >= 4 is 27.5 Å². The fraction of sp³-hybridized carbons (Fsp3) is 0.100. The van der Waals surface area contributed by atoms with Crippen LogP contribution < -0.4 is 0 Å². The maximum atomic E-state index is 6.09. The summed E-state index contributed by atoms with van der Waals surface area (Å²) in [6, 6.07) is 5.77. The van der Waals surface area contributed by atoms with E-state index < -0.39 is 0 Å². The second-order valence-electron chi connectivity index (χ2n) is 3.02. The van der Waals surface area contributed by atoms with Crippen LogP contribution in [0.5, 0.6) is 0 Å². The zero-order valence-corrected chi connectivity index (χ0v) is 9.88. The fourth-order valence-electron chi connectivity index (χ4n) is 1.24. The molecular weight excluding hydrogens is 263 g/mol. The third kappa shape index (κ3) is 1.83. The molecule has 0 amide bonds. The summed E-state index contributed by atoms with van der Waals surface area (Å²) in [6.45, 7) is 1.95. The molecule has 0 spiro atoms. The van der Waals surface area contributed by atoms with E-state index in [0.29, 0.717) is 5.02 Å². The third-order valence-electron chi connectivity index (χ3n) is 1.90. The van der Waals surface area contributed by atoms with Crippen molar-refractivity contribution in [1.82, 2.24) is 9.55 Å². The van der Waals surface area contributed by atoms with E-state index in [1.54, 1.807) is 6.33 Å². The minimum absolute atomic E-state index is 0.705. The van der Waals surface area contributed by atoms with Crippen LogP contribution in [0, 0.1) is 6.92 Å². The smallest absolute Gasteiger partial charge is 0.0995 e. The molecule has 0 N–H and O–H groups in total. The van der Waals surface area contributed by atoms with Gasteiger partial charge in [0.2, 0.25) is 0 Å². The number of hydrogen-bond donors (Lipinski definition) is 0. The van der Waals surface area contributed by atoms with Crippen LogP contribution in [0.25, 0.3) is 5.69 Å². The molecule has 0 saturated carbocycles. The highest BCUT2D eigenvalue weighted by atomic mass is 79.9. The molecule has 1 aromatic carbocycles. The summed E-state index contributed by atoms with van der Waals surface area (Å²) in [6.07, 6.45) is 3.69. The molecule has 0 radical (unpaired) electrons. The van der Waals surface area contributed by atoms with E-state index in [0.717, 1.165) is 15.9 Å². The first-order valence-corrected chi connectivity index (χ1v) is 5.30. The Morgan fingerprint density at radius 1 is 1.43 bits per heavy atom. The first-order valence-electron chi connectivity index (χ1n) is 4.13. The molecule has 0 fully saturated rings. The molecule has 2 nitrogen and oxygen atoms in total. The fourth-order valence-corrected chi connectivity index (χ4v) is 2.01. The van der Waals surface area contributed by atoms with Gasteiger partial charge in [0.05, 0.1) is 22.7 Å². The summed E-state index contributed by atoms with van der Waals surface area (Å²) in [5, 5.41) is 0.705. The molecule has 2 aromatic rings. The van der Waals surface area contributed by atoms with Crippen LogP contribution in [-0.4, -0.2) is 9.55 Å². The monoisotopic (exact) mass is 270 g/mol.